The quantitative estimate of drug-likeness (QED) is 0.228. The molecular weight excluding hydrogens is 639 g/mol. The summed E-state index contributed by atoms with van der Waals surface area (Å²) in [6.45, 7) is 8.61. The van der Waals surface area contributed by atoms with Crippen LogP contribution in [0.5, 0.6) is 5.75 Å². The van der Waals surface area contributed by atoms with Gasteiger partial charge in [0, 0.05) is 42.9 Å². The number of cyclic esters (lactones) is 1. The van der Waals surface area contributed by atoms with Crippen molar-refractivity contribution >= 4 is 36.6 Å². The van der Waals surface area contributed by atoms with Gasteiger partial charge in [-0.15, -0.1) is 5.10 Å². The molecule has 256 valence electrons. The molecule has 3 aliphatic heterocycles. The summed E-state index contributed by atoms with van der Waals surface area (Å²) in [7, 11) is -0.691. The number of benzene rings is 3. The van der Waals surface area contributed by atoms with Crippen molar-refractivity contribution in [2.24, 2.45) is 5.92 Å². The van der Waals surface area contributed by atoms with Crippen molar-refractivity contribution in [3.8, 4) is 5.75 Å². The summed E-state index contributed by atoms with van der Waals surface area (Å²) in [6.07, 6.45) is 2.25. The van der Waals surface area contributed by atoms with Crippen LogP contribution in [-0.2, 0) is 39.4 Å². The zero-order valence-electron chi connectivity index (χ0n) is 28.4. The van der Waals surface area contributed by atoms with E-state index in [4.69, 9.17) is 14.2 Å². The second kappa shape index (κ2) is 13.1. The van der Waals surface area contributed by atoms with E-state index in [1.807, 2.05) is 71.8 Å². The Morgan fingerprint density at radius 2 is 1.84 bits per heavy atom. The summed E-state index contributed by atoms with van der Waals surface area (Å²) >= 11 is 0. The maximum absolute atomic E-state index is 15.1. The lowest BCUT2D eigenvalue weighted by Gasteiger charge is -2.37. The first-order valence-electron chi connectivity index (χ1n) is 16.9. The van der Waals surface area contributed by atoms with Crippen molar-refractivity contribution < 1.29 is 28.9 Å². The molecule has 3 aliphatic rings. The van der Waals surface area contributed by atoms with Crippen molar-refractivity contribution in [1.29, 1.82) is 0 Å². The lowest BCUT2D eigenvalue weighted by atomic mass is 9.82. The zero-order chi connectivity index (χ0) is 34.3. The molecule has 2 fully saturated rings. The van der Waals surface area contributed by atoms with Crippen molar-refractivity contribution in [1.82, 2.24) is 15.0 Å². The van der Waals surface area contributed by atoms with Crippen LogP contribution in [0.2, 0.25) is 18.6 Å². The predicted molar refractivity (Wildman–Crippen MR) is 188 cm³/mol. The number of methoxy groups -OCH3 is 1. The summed E-state index contributed by atoms with van der Waals surface area (Å²) in [5.74, 6) is 0.513. The maximum Gasteiger partial charge on any atom is 0.414 e. The first-order valence-corrected chi connectivity index (χ1v) is 20.0. The van der Waals surface area contributed by atoms with Gasteiger partial charge >= 0.3 is 6.09 Å². The number of hydrogen-bond donors (Lipinski definition) is 1. The molecule has 4 atom stereocenters. The fourth-order valence-electron chi connectivity index (χ4n) is 8.23. The average molecular weight is 682 g/mol. The van der Waals surface area contributed by atoms with Crippen LogP contribution in [0.4, 0.5) is 16.2 Å². The number of anilines is 2. The molecular formula is C37H43N5O6Si. The van der Waals surface area contributed by atoms with Gasteiger partial charge in [0.2, 0.25) is 0 Å². The molecule has 0 unspecified atom stereocenters. The molecule has 1 spiro atoms. The highest BCUT2D eigenvalue weighted by atomic mass is 28.3. The van der Waals surface area contributed by atoms with Gasteiger partial charge in [-0.25, -0.2) is 4.79 Å². The highest BCUT2D eigenvalue weighted by molar-refractivity contribution is 6.91. The molecule has 4 heterocycles. The zero-order valence-corrected chi connectivity index (χ0v) is 29.4. The molecule has 0 saturated carbocycles. The molecule has 49 heavy (non-hydrogen) atoms. The number of amides is 2. The number of hydrogen-bond acceptors (Lipinski definition) is 8. The Morgan fingerprint density at radius 1 is 1.06 bits per heavy atom. The summed E-state index contributed by atoms with van der Waals surface area (Å²) in [6, 6.07) is 24.1. The highest BCUT2D eigenvalue weighted by Gasteiger charge is 2.66. The second-order valence-corrected chi connectivity index (χ2v) is 18.4. The fourth-order valence-corrected chi connectivity index (χ4v) is 12.3. The number of carbonyl (C=O) groups excluding carboxylic acids is 2. The van der Waals surface area contributed by atoms with Crippen molar-refractivity contribution in [3.05, 3.63) is 95.8 Å². The van der Waals surface area contributed by atoms with Gasteiger partial charge in [0.05, 0.1) is 45.8 Å². The second-order valence-electron chi connectivity index (χ2n) is 13.7. The largest absolute Gasteiger partial charge is 0.497 e. The van der Waals surface area contributed by atoms with E-state index in [9.17, 15) is 9.90 Å². The van der Waals surface area contributed by atoms with E-state index in [-0.39, 0.29) is 30.1 Å². The Labute approximate surface area is 287 Å². The Kier molecular flexibility index (Phi) is 8.80. The van der Waals surface area contributed by atoms with Gasteiger partial charge in [-0.05, 0) is 47.9 Å². The van der Waals surface area contributed by atoms with Crippen LogP contribution < -0.4 is 19.7 Å². The van der Waals surface area contributed by atoms with Gasteiger partial charge < -0.3 is 24.2 Å². The topological polar surface area (TPSA) is 119 Å². The number of aliphatic hydroxyl groups is 1. The van der Waals surface area contributed by atoms with E-state index >= 15 is 4.79 Å². The Morgan fingerprint density at radius 3 is 2.53 bits per heavy atom. The lowest BCUT2D eigenvalue weighted by Crippen LogP contribution is -2.51. The normalized spacial score (nSPS) is 23.4. The van der Waals surface area contributed by atoms with Gasteiger partial charge in [-0.3, -0.25) is 14.4 Å². The number of carbonyl (C=O) groups is 2. The Hall–Kier alpha value is -4.52. The van der Waals surface area contributed by atoms with Crippen molar-refractivity contribution in [2.75, 3.05) is 36.7 Å². The summed E-state index contributed by atoms with van der Waals surface area (Å²) in [4.78, 5) is 31.3. The standard InChI is InChI=1S/C37H43N5O6Si/c1-25-34(49(3,4)30-13-11-29(46-2)12-14-30)33(16-18-40-24-27(17-20-43)38-39-40)48-37(25)31-22-28(41-19-21-47-36(41)45)10-15-32(31)42(35(37)44)23-26-8-6-5-7-9-26/h5-15,22,24-25,33-34,43H,16-21,23H2,1-4H3/t25-,33+,34-,37+/m0/s1. The van der Waals surface area contributed by atoms with Crippen LogP contribution in [0.15, 0.2) is 79.0 Å². The fraction of sp³-hybridized carbons (Fsp3) is 0.405. The van der Waals surface area contributed by atoms with E-state index < -0.39 is 19.8 Å². The molecule has 2 saturated heterocycles. The minimum Gasteiger partial charge on any atom is -0.497 e. The molecule has 0 radical (unpaired) electrons. The van der Waals surface area contributed by atoms with Crippen LogP contribution in [0.1, 0.15) is 30.2 Å². The molecule has 0 aliphatic carbocycles. The van der Waals surface area contributed by atoms with Gasteiger partial charge in [-0.2, -0.15) is 0 Å². The van der Waals surface area contributed by atoms with E-state index in [0.29, 0.717) is 44.8 Å². The van der Waals surface area contributed by atoms with E-state index in [2.05, 4.69) is 42.5 Å². The van der Waals surface area contributed by atoms with E-state index in [1.165, 1.54) is 5.19 Å². The summed E-state index contributed by atoms with van der Waals surface area (Å²) in [5.41, 5.74) is 2.80. The molecule has 1 N–H and O–H groups in total. The van der Waals surface area contributed by atoms with Crippen LogP contribution in [-0.4, -0.2) is 73.1 Å². The van der Waals surface area contributed by atoms with Gasteiger partial charge in [-0.1, -0.05) is 72.9 Å². The number of nitrogens with zero attached hydrogens (tertiary/aromatic N) is 5. The minimum absolute atomic E-state index is 0.00628. The Balaban J connectivity index is 1.33. The summed E-state index contributed by atoms with van der Waals surface area (Å²) < 4.78 is 19.9. The number of ether oxygens (including phenoxy) is 3. The van der Waals surface area contributed by atoms with Crippen molar-refractivity contribution in [2.45, 2.75) is 63.2 Å². The van der Waals surface area contributed by atoms with Gasteiger partial charge in [0.1, 0.15) is 12.4 Å². The third-order valence-electron chi connectivity index (χ3n) is 10.7. The number of aliphatic hydroxyl groups excluding tert-OH is 1. The molecule has 3 aromatic carbocycles. The molecule has 0 bridgehead atoms. The molecule has 1 aromatic heterocycles. The predicted octanol–water partition coefficient (Wildman–Crippen LogP) is 4.63. The number of aryl methyl sites for hydroxylation is 1. The molecule has 12 heteroatoms. The monoisotopic (exact) mass is 681 g/mol. The number of aromatic nitrogens is 3. The molecule has 7 rings (SSSR count). The average Bonchev–Trinajstić information content (AvgIpc) is 3.87. The summed E-state index contributed by atoms with van der Waals surface area (Å²) in [5, 5.41) is 19.2. The molecule has 2 amide bonds. The van der Waals surface area contributed by atoms with Gasteiger partial charge in [0.25, 0.3) is 5.91 Å². The third-order valence-corrected chi connectivity index (χ3v) is 15.0. The lowest BCUT2D eigenvalue weighted by molar-refractivity contribution is -0.146. The van der Waals surface area contributed by atoms with Crippen molar-refractivity contribution in [3.63, 3.8) is 0 Å². The smallest absolute Gasteiger partial charge is 0.414 e. The first-order chi connectivity index (χ1) is 23.7. The van der Waals surface area contributed by atoms with Crippen LogP contribution in [0.3, 0.4) is 0 Å². The van der Waals surface area contributed by atoms with E-state index in [0.717, 1.165) is 28.3 Å². The van der Waals surface area contributed by atoms with Crippen LogP contribution in [0, 0.1) is 5.92 Å². The van der Waals surface area contributed by atoms with E-state index in [1.54, 1.807) is 16.7 Å². The Bertz CT molecular complexity index is 1830. The number of fused-ring (bicyclic) bond motifs is 2. The third kappa shape index (κ3) is 5.71. The van der Waals surface area contributed by atoms with Crippen LogP contribution >= 0.6 is 0 Å². The molecule has 11 nitrogen and oxygen atoms in total. The maximum atomic E-state index is 15.1. The molecule has 4 aromatic rings. The number of rotatable bonds is 11. The van der Waals surface area contributed by atoms with Gasteiger partial charge in [0.15, 0.2) is 5.60 Å². The minimum atomic E-state index is -2.36. The van der Waals surface area contributed by atoms with Crippen LogP contribution in [0.25, 0.3) is 0 Å². The first kappa shape index (κ1) is 33.0. The SMILES string of the molecule is COc1ccc([Si](C)(C)[C@@H]2[C@@H](CCn3cc(CCO)nn3)O[C@]3(C(=O)N(Cc4ccccc4)c4ccc(N5CCOC5=O)cc43)[C@H]2C)cc1. The highest BCUT2D eigenvalue weighted by Crippen LogP contribution is 2.60.